The number of aryl methyl sites for hydroxylation is 2. The molecule has 1 heterocycles. The van der Waals surface area contributed by atoms with Crippen LogP contribution in [-0.2, 0) is 0 Å². The van der Waals surface area contributed by atoms with Gasteiger partial charge in [0.05, 0.1) is 11.4 Å². The number of nitrogens with zero attached hydrogens (tertiary/aromatic N) is 2. The standard InChI is InChI=1S/C13H24N4/c1-5-13(6-2,8-14)9-16-12-11(4)15-7-10(3)17-12/h7H,5-6,8-9,14H2,1-4H3,(H,16,17). The minimum absolute atomic E-state index is 0.165. The Morgan fingerprint density at radius 3 is 2.47 bits per heavy atom. The van der Waals surface area contributed by atoms with Crippen LogP contribution >= 0.6 is 0 Å². The monoisotopic (exact) mass is 236 g/mol. The van der Waals surface area contributed by atoms with Crippen molar-refractivity contribution in [2.24, 2.45) is 11.1 Å². The molecule has 0 aliphatic carbocycles. The Kier molecular flexibility index (Phi) is 4.87. The van der Waals surface area contributed by atoms with Crippen molar-refractivity contribution in [2.75, 3.05) is 18.4 Å². The van der Waals surface area contributed by atoms with Crippen LogP contribution in [0.25, 0.3) is 0 Å². The molecule has 0 saturated heterocycles. The molecule has 0 amide bonds. The zero-order chi connectivity index (χ0) is 12.9. The molecule has 1 aromatic heterocycles. The molecule has 1 rings (SSSR count). The Bertz CT molecular complexity index is 350. The molecule has 3 N–H and O–H groups in total. The molecule has 4 heteroatoms. The minimum Gasteiger partial charge on any atom is -0.368 e. The molecule has 0 saturated carbocycles. The highest BCUT2D eigenvalue weighted by Gasteiger charge is 2.24. The number of nitrogens with one attached hydrogen (secondary N) is 1. The number of anilines is 1. The fraction of sp³-hybridized carbons (Fsp3) is 0.692. The lowest BCUT2D eigenvalue weighted by molar-refractivity contribution is 0.294. The van der Waals surface area contributed by atoms with Crippen LogP contribution in [0.4, 0.5) is 5.82 Å². The average Bonchev–Trinajstić information content (AvgIpc) is 2.35. The van der Waals surface area contributed by atoms with E-state index < -0.39 is 0 Å². The molecule has 0 unspecified atom stereocenters. The maximum atomic E-state index is 5.88. The van der Waals surface area contributed by atoms with Crippen LogP contribution in [0.5, 0.6) is 0 Å². The predicted molar refractivity (Wildman–Crippen MR) is 72.1 cm³/mol. The highest BCUT2D eigenvalue weighted by molar-refractivity contribution is 5.39. The summed E-state index contributed by atoms with van der Waals surface area (Å²) in [5.41, 5.74) is 7.92. The van der Waals surface area contributed by atoms with Gasteiger partial charge in [0.15, 0.2) is 0 Å². The van der Waals surface area contributed by atoms with Crippen LogP contribution in [-0.4, -0.2) is 23.1 Å². The second-order valence-corrected chi connectivity index (χ2v) is 4.71. The lowest BCUT2D eigenvalue weighted by Gasteiger charge is -2.30. The molecule has 0 aromatic carbocycles. The fourth-order valence-electron chi connectivity index (χ4n) is 1.84. The van der Waals surface area contributed by atoms with E-state index in [1.807, 2.05) is 13.8 Å². The van der Waals surface area contributed by atoms with E-state index in [0.717, 1.165) is 36.6 Å². The van der Waals surface area contributed by atoms with Gasteiger partial charge in [0.2, 0.25) is 0 Å². The van der Waals surface area contributed by atoms with E-state index in [9.17, 15) is 0 Å². The molecule has 0 bridgehead atoms. The average molecular weight is 236 g/mol. The fourth-order valence-corrected chi connectivity index (χ4v) is 1.84. The quantitative estimate of drug-likeness (QED) is 0.795. The first-order valence-electron chi connectivity index (χ1n) is 6.31. The van der Waals surface area contributed by atoms with Crippen LogP contribution in [0.1, 0.15) is 38.1 Å². The smallest absolute Gasteiger partial charge is 0.147 e. The molecule has 0 fully saturated rings. The molecule has 0 atom stereocenters. The number of aromatic nitrogens is 2. The van der Waals surface area contributed by atoms with Gasteiger partial charge >= 0.3 is 0 Å². The zero-order valence-corrected chi connectivity index (χ0v) is 11.4. The van der Waals surface area contributed by atoms with E-state index >= 15 is 0 Å². The van der Waals surface area contributed by atoms with Gasteiger partial charge in [-0.1, -0.05) is 13.8 Å². The lowest BCUT2D eigenvalue weighted by Crippen LogP contribution is -2.36. The summed E-state index contributed by atoms with van der Waals surface area (Å²) < 4.78 is 0. The second-order valence-electron chi connectivity index (χ2n) is 4.71. The van der Waals surface area contributed by atoms with E-state index in [-0.39, 0.29) is 5.41 Å². The van der Waals surface area contributed by atoms with Crippen molar-refractivity contribution in [3.8, 4) is 0 Å². The third-order valence-electron chi connectivity index (χ3n) is 3.64. The Hall–Kier alpha value is -1.16. The maximum absolute atomic E-state index is 5.88. The summed E-state index contributed by atoms with van der Waals surface area (Å²) in [5.74, 6) is 0.879. The number of hydrogen-bond acceptors (Lipinski definition) is 4. The summed E-state index contributed by atoms with van der Waals surface area (Å²) in [6.45, 7) is 9.85. The SMILES string of the molecule is CCC(CC)(CN)CNc1nc(C)cnc1C. The van der Waals surface area contributed by atoms with Gasteiger partial charge in [-0.15, -0.1) is 0 Å². The van der Waals surface area contributed by atoms with Gasteiger partial charge < -0.3 is 11.1 Å². The van der Waals surface area contributed by atoms with Gasteiger partial charge in [0.25, 0.3) is 0 Å². The highest BCUT2D eigenvalue weighted by Crippen LogP contribution is 2.25. The van der Waals surface area contributed by atoms with E-state index in [1.54, 1.807) is 6.20 Å². The molecule has 0 radical (unpaired) electrons. The van der Waals surface area contributed by atoms with Crippen molar-refractivity contribution in [1.29, 1.82) is 0 Å². The first-order valence-corrected chi connectivity index (χ1v) is 6.31. The van der Waals surface area contributed by atoms with Crippen molar-refractivity contribution < 1.29 is 0 Å². The van der Waals surface area contributed by atoms with Crippen molar-refractivity contribution >= 4 is 5.82 Å². The molecule has 96 valence electrons. The molecule has 0 aliphatic heterocycles. The van der Waals surface area contributed by atoms with E-state index in [2.05, 4.69) is 29.1 Å². The normalized spacial score (nSPS) is 11.6. The summed E-state index contributed by atoms with van der Waals surface area (Å²) in [5, 5.41) is 3.39. The summed E-state index contributed by atoms with van der Waals surface area (Å²) >= 11 is 0. The van der Waals surface area contributed by atoms with Crippen LogP contribution in [0, 0.1) is 19.3 Å². The lowest BCUT2D eigenvalue weighted by atomic mass is 9.82. The van der Waals surface area contributed by atoms with Gasteiger partial charge in [-0.3, -0.25) is 4.98 Å². The van der Waals surface area contributed by atoms with Crippen LogP contribution in [0.2, 0.25) is 0 Å². The number of nitrogens with two attached hydrogens (primary N) is 1. The second kappa shape index (κ2) is 5.96. The van der Waals surface area contributed by atoms with Crippen molar-refractivity contribution in [3.05, 3.63) is 17.6 Å². The molecule has 0 spiro atoms. The third-order valence-corrected chi connectivity index (χ3v) is 3.64. The first-order chi connectivity index (χ1) is 8.06. The largest absolute Gasteiger partial charge is 0.368 e. The van der Waals surface area contributed by atoms with Crippen LogP contribution < -0.4 is 11.1 Å². The summed E-state index contributed by atoms with van der Waals surface area (Å²) in [6, 6.07) is 0. The Morgan fingerprint density at radius 2 is 1.94 bits per heavy atom. The molecular weight excluding hydrogens is 212 g/mol. The maximum Gasteiger partial charge on any atom is 0.147 e. The zero-order valence-electron chi connectivity index (χ0n) is 11.4. The summed E-state index contributed by atoms with van der Waals surface area (Å²) in [4.78, 5) is 8.76. The topological polar surface area (TPSA) is 63.8 Å². The van der Waals surface area contributed by atoms with Crippen LogP contribution in [0.3, 0.4) is 0 Å². The van der Waals surface area contributed by atoms with Crippen molar-refractivity contribution in [2.45, 2.75) is 40.5 Å². The van der Waals surface area contributed by atoms with Gasteiger partial charge in [0.1, 0.15) is 5.82 Å². The highest BCUT2D eigenvalue weighted by atomic mass is 15.0. The number of rotatable bonds is 6. The Morgan fingerprint density at radius 1 is 1.29 bits per heavy atom. The minimum atomic E-state index is 0.165. The van der Waals surface area contributed by atoms with E-state index in [4.69, 9.17) is 5.73 Å². The van der Waals surface area contributed by atoms with E-state index in [1.165, 1.54) is 0 Å². The molecule has 0 aliphatic rings. The Labute approximate surface area is 104 Å². The molecular formula is C13H24N4. The third kappa shape index (κ3) is 3.40. The van der Waals surface area contributed by atoms with Gasteiger partial charge in [-0.05, 0) is 38.6 Å². The van der Waals surface area contributed by atoms with Gasteiger partial charge in [-0.2, -0.15) is 0 Å². The number of hydrogen-bond donors (Lipinski definition) is 2. The molecule has 1 aromatic rings. The molecule has 4 nitrogen and oxygen atoms in total. The molecule has 17 heavy (non-hydrogen) atoms. The van der Waals surface area contributed by atoms with Crippen LogP contribution in [0.15, 0.2) is 6.20 Å². The van der Waals surface area contributed by atoms with Gasteiger partial charge in [0, 0.05) is 12.7 Å². The summed E-state index contributed by atoms with van der Waals surface area (Å²) in [6.07, 6.45) is 3.94. The van der Waals surface area contributed by atoms with E-state index in [0.29, 0.717) is 6.54 Å². The van der Waals surface area contributed by atoms with Crippen molar-refractivity contribution in [3.63, 3.8) is 0 Å². The summed E-state index contributed by atoms with van der Waals surface area (Å²) in [7, 11) is 0. The Balaban J connectivity index is 2.75. The first kappa shape index (κ1) is 13.9. The predicted octanol–water partition coefficient (Wildman–Crippen LogP) is 2.27. The van der Waals surface area contributed by atoms with Gasteiger partial charge in [-0.25, -0.2) is 4.98 Å². The van der Waals surface area contributed by atoms with Crippen molar-refractivity contribution in [1.82, 2.24) is 9.97 Å².